The van der Waals surface area contributed by atoms with E-state index >= 15 is 0 Å². The molecule has 3 rings (SSSR count). The van der Waals surface area contributed by atoms with Gasteiger partial charge in [-0.3, -0.25) is 0 Å². The van der Waals surface area contributed by atoms with Crippen LogP contribution in [0.3, 0.4) is 0 Å². The van der Waals surface area contributed by atoms with Gasteiger partial charge in [0.05, 0.1) is 12.3 Å². The molecular formula is C19H18Cl2N4O2. The Kier molecular flexibility index (Phi) is 6.11. The van der Waals surface area contributed by atoms with E-state index in [1.54, 1.807) is 29.8 Å². The third-order valence-electron chi connectivity index (χ3n) is 4.14. The Labute approximate surface area is 167 Å². The van der Waals surface area contributed by atoms with Gasteiger partial charge < -0.3 is 9.94 Å². The van der Waals surface area contributed by atoms with Crippen LogP contribution in [0, 0.1) is 0 Å². The fourth-order valence-electron chi connectivity index (χ4n) is 2.59. The van der Waals surface area contributed by atoms with Gasteiger partial charge in [0, 0.05) is 15.6 Å². The Hall–Kier alpha value is -2.41. The zero-order chi connectivity index (χ0) is 19.3. The van der Waals surface area contributed by atoms with Crippen molar-refractivity contribution in [3.8, 4) is 0 Å². The maximum atomic E-state index is 11.4. The molecule has 0 saturated carbocycles. The summed E-state index contributed by atoms with van der Waals surface area (Å²) in [5, 5.41) is 20.6. The van der Waals surface area contributed by atoms with Crippen LogP contribution in [0.15, 0.2) is 66.3 Å². The van der Waals surface area contributed by atoms with Crippen molar-refractivity contribution < 1.29 is 9.94 Å². The summed E-state index contributed by atoms with van der Waals surface area (Å²) in [6.45, 7) is 2.01. The Morgan fingerprint density at radius 2 is 2.00 bits per heavy atom. The molecular weight excluding hydrogens is 387 g/mol. The van der Waals surface area contributed by atoms with Crippen molar-refractivity contribution in [2.75, 3.05) is 0 Å². The van der Waals surface area contributed by atoms with Gasteiger partial charge in [0.2, 0.25) is 0 Å². The first-order valence-corrected chi connectivity index (χ1v) is 8.96. The lowest BCUT2D eigenvalue weighted by molar-refractivity contribution is 0.0710. The van der Waals surface area contributed by atoms with E-state index in [-0.39, 0.29) is 13.2 Å². The molecule has 1 aromatic heterocycles. The second kappa shape index (κ2) is 8.52. The molecule has 0 radical (unpaired) electrons. The van der Waals surface area contributed by atoms with Crippen LogP contribution in [-0.4, -0.2) is 25.6 Å². The molecule has 8 heteroatoms. The molecule has 0 bridgehead atoms. The first kappa shape index (κ1) is 19.4. The van der Waals surface area contributed by atoms with Crippen LogP contribution in [0.2, 0.25) is 10.0 Å². The molecule has 3 aromatic rings. The van der Waals surface area contributed by atoms with Gasteiger partial charge in [-0.2, -0.15) is 5.10 Å². The third-order valence-corrected chi connectivity index (χ3v) is 4.73. The normalized spacial score (nSPS) is 14.0. The number of hydrogen-bond acceptors (Lipinski definition) is 5. The predicted octanol–water partition coefficient (Wildman–Crippen LogP) is 4.07. The van der Waals surface area contributed by atoms with E-state index in [9.17, 15) is 5.11 Å². The number of nitrogens with zero attached hydrogens (tertiary/aromatic N) is 4. The summed E-state index contributed by atoms with van der Waals surface area (Å²) in [7, 11) is 0. The molecule has 0 aliphatic rings. The first-order chi connectivity index (χ1) is 13.0. The van der Waals surface area contributed by atoms with Gasteiger partial charge in [0.25, 0.3) is 0 Å². The SMILES string of the molecule is CC(=NOCc1ccc(Cl)cc1Cl)C(O)(Cn1cncn1)c1ccccc1. The Morgan fingerprint density at radius 3 is 2.67 bits per heavy atom. The maximum Gasteiger partial charge on any atom is 0.150 e. The number of halogens is 2. The van der Waals surface area contributed by atoms with Crippen LogP contribution in [0.5, 0.6) is 0 Å². The van der Waals surface area contributed by atoms with Crippen molar-refractivity contribution in [2.45, 2.75) is 25.7 Å². The molecule has 0 aliphatic heterocycles. The van der Waals surface area contributed by atoms with Crippen LogP contribution in [0.4, 0.5) is 0 Å². The third kappa shape index (κ3) is 4.66. The molecule has 0 aliphatic carbocycles. The van der Waals surface area contributed by atoms with E-state index in [0.29, 0.717) is 21.3 Å². The van der Waals surface area contributed by atoms with Gasteiger partial charge in [-0.15, -0.1) is 0 Å². The Bertz CT molecular complexity index is 917. The lowest BCUT2D eigenvalue weighted by atomic mass is 9.89. The molecule has 27 heavy (non-hydrogen) atoms. The fraction of sp³-hybridized carbons (Fsp3) is 0.211. The van der Waals surface area contributed by atoms with E-state index in [4.69, 9.17) is 28.0 Å². The highest BCUT2D eigenvalue weighted by Gasteiger charge is 2.34. The van der Waals surface area contributed by atoms with Gasteiger partial charge in [-0.05, 0) is 24.6 Å². The van der Waals surface area contributed by atoms with E-state index in [1.807, 2.05) is 30.3 Å². The molecule has 0 saturated heterocycles. The smallest absolute Gasteiger partial charge is 0.150 e. The zero-order valence-corrected chi connectivity index (χ0v) is 16.1. The summed E-state index contributed by atoms with van der Waals surface area (Å²) in [5.41, 5.74) is 0.403. The topological polar surface area (TPSA) is 72.5 Å². The number of aromatic nitrogens is 3. The van der Waals surface area contributed by atoms with Crippen molar-refractivity contribution in [1.29, 1.82) is 0 Å². The maximum absolute atomic E-state index is 11.4. The minimum atomic E-state index is -1.40. The van der Waals surface area contributed by atoms with Crippen LogP contribution in [0.25, 0.3) is 0 Å². The summed E-state index contributed by atoms with van der Waals surface area (Å²) in [5.74, 6) is 0. The fourth-order valence-corrected chi connectivity index (χ4v) is 3.05. The highest BCUT2D eigenvalue weighted by atomic mass is 35.5. The van der Waals surface area contributed by atoms with E-state index in [2.05, 4.69) is 15.2 Å². The van der Waals surface area contributed by atoms with Gasteiger partial charge in [-0.25, -0.2) is 9.67 Å². The summed E-state index contributed by atoms with van der Waals surface area (Å²) in [4.78, 5) is 9.37. The molecule has 2 aromatic carbocycles. The van der Waals surface area contributed by atoms with Crippen LogP contribution in [0.1, 0.15) is 18.1 Å². The average molecular weight is 405 g/mol. The van der Waals surface area contributed by atoms with Crippen molar-refractivity contribution in [2.24, 2.45) is 5.16 Å². The van der Waals surface area contributed by atoms with Gasteiger partial charge in [-0.1, -0.05) is 64.8 Å². The zero-order valence-electron chi connectivity index (χ0n) is 14.6. The minimum Gasteiger partial charge on any atom is -0.391 e. The van der Waals surface area contributed by atoms with Crippen molar-refractivity contribution in [1.82, 2.24) is 14.8 Å². The molecule has 0 spiro atoms. The summed E-state index contributed by atoms with van der Waals surface area (Å²) < 4.78 is 1.54. The number of rotatable bonds is 7. The number of aliphatic hydroxyl groups is 1. The highest BCUT2D eigenvalue weighted by Crippen LogP contribution is 2.26. The van der Waals surface area contributed by atoms with Crippen molar-refractivity contribution >= 4 is 28.9 Å². The Balaban J connectivity index is 1.81. The first-order valence-electron chi connectivity index (χ1n) is 8.20. The molecule has 6 nitrogen and oxygen atoms in total. The Morgan fingerprint density at radius 1 is 1.22 bits per heavy atom. The second-order valence-corrected chi connectivity index (χ2v) is 6.85. The van der Waals surface area contributed by atoms with Gasteiger partial charge in [0.1, 0.15) is 19.3 Å². The van der Waals surface area contributed by atoms with Crippen molar-refractivity contribution in [3.05, 3.63) is 82.4 Å². The molecule has 140 valence electrons. The number of hydrogen-bond donors (Lipinski definition) is 1. The van der Waals surface area contributed by atoms with Crippen molar-refractivity contribution in [3.63, 3.8) is 0 Å². The summed E-state index contributed by atoms with van der Waals surface area (Å²) in [6, 6.07) is 14.4. The number of benzene rings is 2. The number of oxime groups is 1. The van der Waals surface area contributed by atoms with E-state index in [0.717, 1.165) is 5.56 Å². The molecule has 0 amide bonds. The van der Waals surface area contributed by atoms with Crippen LogP contribution in [-0.2, 0) is 23.6 Å². The largest absolute Gasteiger partial charge is 0.391 e. The van der Waals surface area contributed by atoms with E-state index in [1.165, 1.54) is 12.7 Å². The second-order valence-electron chi connectivity index (χ2n) is 6.01. The highest BCUT2D eigenvalue weighted by molar-refractivity contribution is 6.35. The van der Waals surface area contributed by atoms with Crippen LogP contribution < -0.4 is 0 Å². The predicted molar refractivity (Wildman–Crippen MR) is 105 cm³/mol. The lowest BCUT2D eigenvalue weighted by Gasteiger charge is -2.28. The summed E-state index contributed by atoms with van der Waals surface area (Å²) >= 11 is 12.0. The lowest BCUT2D eigenvalue weighted by Crippen LogP contribution is -2.39. The van der Waals surface area contributed by atoms with E-state index < -0.39 is 5.60 Å². The monoisotopic (exact) mass is 404 g/mol. The van der Waals surface area contributed by atoms with Gasteiger partial charge >= 0.3 is 0 Å². The van der Waals surface area contributed by atoms with Gasteiger partial charge in [0.15, 0.2) is 5.60 Å². The van der Waals surface area contributed by atoms with Crippen LogP contribution >= 0.6 is 23.2 Å². The molecule has 1 N–H and O–H groups in total. The minimum absolute atomic E-state index is 0.150. The molecule has 1 unspecified atom stereocenters. The molecule has 1 atom stereocenters. The quantitative estimate of drug-likeness (QED) is 0.475. The molecule has 0 fully saturated rings. The average Bonchev–Trinajstić information content (AvgIpc) is 3.17. The summed E-state index contributed by atoms with van der Waals surface area (Å²) in [6.07, 6.45) is 2.95. The molecule has 1 heterocycles. The standard InChI is InChI=1S/C19H18Cl2N4O2/c1-14(24-27-10-15-7-8-17(20)9-18(15)21)19(26,11-25-13-22-12-23-25)16-5-3-2-4-6-16/h2-9,12-13,26H,10-11H2,1H3.